The minimum absolute atomic E-state index is 0.0942. The molecule has 3 N–H and O–H groups in total. The van der Waals surface area contributed by atoms with Crippen molar-refractivity contribution in [3.63, 3.8) is 0 Å². The van der Waals surface area contributed by atoms with E-state index < -0.39 is 0 Å². The molecular formula is C16H26N4O. The fraction of sp³-hybridized carbons (Fsp3) is 0.562. The standard InChI is InChI=1S/C16H26N4O/c1-13-11-19-15(12-18-13)16(21)17-9-6-10-20(2)14-7-4-3-5-8-14/h3-5,7-8,13,15,18-19H,6,9-12H2,1-2H3,(H,17,21). The van der Waals surface area contributed by atoms with Crippen LogP contribution in [0.1, 0.15) is 13.3 Å². The van der Waals surface area contributed by atoms with Gasteiger partial charge in [0.15, 0.2) is 0 Å². The predicted molar refractivity (Wildman–Crippen MR) is 86.6 cm³/mol. The summed E-state index contributed by atoms with van der Waals surface area (Å²) in [6, 6.07) is 10.6. The Hall–Kier alpha value is -1.59. The molecule has 1 aliphatic heterocycles. The van der Waals surface area contributed by atoms with Crippen LogP contribution in [0.4, 0.5) is 5.69 Å². The van der Waals surface area contributed by atoms with Crippen molar-refractivity contribution in [1.29, 1.82) is 0 Å². The molecule has 1 aliphatic rings. The summed E-state index contributed by atoms with van der Waals surface area (Å²) in [5, 5.41) is 9.58. The summed E-state index contributed by atoms with van der Waals surface area (Å²) in [5.41, 5.74) is 1.20. The molecule has 21 heavy (non-hydrogen) atoms. The first-order valence-electron chi connectivity index (χ1n) is 7.67. The van der Waals surface area contributed by atoms with Gasteiger partial charge in [0, 0.05) is 45.0 Å². The Morgan fingerprint density at radius 2 is 2.05 bits per heavy atom. The Morgan fingerprint density at radius 1 is 1.29 bits per heavy atom. The monoisotopic (exact) mass is 290 g/mol. The van der Waals surface area contributed by atoms with E-state index in [1.54, 1.807) is 0 Å². The molecule has 2 rings (SSSR count). The highest BCUT2D eigenvalue weighted by Crippen LogP contribution is 2.10. The summed E-state index contributed by atoms with van der Waals surface area (Å²) in [6.07, 6.45) is 0.938. The number of nitrogens with one attached hydrogen (secondary N) is 3. The second kappa shape index (κ2) is 8.00. The Labute approximate surface area is 127 Å². The summed E-state index contributed by atoms with van der Waals surface area (Å²) in [6.45, 7) is 5.30. The molecule has 0 radical (unpaired) electrons. The van der Waals surface area contributed by atoms with Crippen molar-refractivity contribution in [3.05, 3.63) is 30.3 Å². The van der Waals surface area contributed by atoms with Crippen LogP contribution in [-0.4, -0.2) is 51.2 Å². The number of hydrogen-bond donors (Lipinski definition) is 3. The molecule has 1 aromatic carbocycles. The molecule has 2 unspecified atom stereocenters. The van der Waals surface area contributed by atoms with E-state index in [0.29, 0.717) is 19.1 Å². The summed E-state index contributed by atoms with van der Waals surface area (Å²) in [5.74, 6) is 0.0942. The zero-order chi connectivity index (χ0) is 15.1. The van der Waals surface area contributed by atoms with Crippen molar-refractivity contribution in [2.24, 2.45) is 0 Å². The van der Waals surface area contributed by atoms with Crippen LogP contribution >= 0.6 is 0 Å². The number of rotatable bonds is 6. The van der Waals surface area contributed by atoms with Crippen molar-refractivity contribution >= 4 is 11.6 Å². The average molecular weight is 290 g/mol. The van der Waals surface area contributed by atoms with Gasteiger partial charge in [-0.25, -0.2) is 0 Å². The Balaban J connectivity index is 1.62. The number of para-hydroxylation sites is 1. The van der Waals surface area contributed by atoms with Gasteiger partial charge in [-0.2, -0.15) is 0 Å². The molecule has 0 aromatic heterocycles. The Bertz CT molecular complexity index is 429. The molecule has 1 amide bonds. The fourth-order valence-electron chi connectivity index (χ4n) is 2.43. The first-order valence-corrected chi connectivity index (χ1v) is 7.67. The molecule has 2 atom stereocenters. The third-order valence-electron chi connectivity index (χ3n) is 3.82. The van der Waals surface area contributed by atoms with Gasteiger partial charge in [0.05, 0.1) is 6.04 Å². The SMILES string of the molecule is CC1CNC(C(=O)NCCCN(C)c2ccccc2)CN1. The Kier molecular flexibility index (Phi) is 6.02. The number of nitrogens with zero attached hydrogens (tertiary/aromatic N) is 1. The predicted octanol–water partition coefficient (Wildman–Crippen LogP) is 0.579. The fourth-order valence-corrected chi connectivity index (χ4v) is 2.43. The van der Waals surface area contributed by atoms with Gasteiger partial charge in [-0.3, -0.25) is 4.79 Å². The zero-order valence-corrected chi connectivity index (χ0v) is 12.9. The lowest BCUT2D eigenvalue weighted by molar-refractivity contribution is -0.123. The van der Waals surface area contributed by atoms with Gasteiger partial charge in [-0.15, -0.1) is 0 Å². The zero-order valence-electron chi connectivity index (χ0n) is 12.9. The minimum atomic E-state index is -0.104. The maximum absolute atomic E-state index is 12.0. The van der Waals surface area contributed by atoms with Gasteiger partial charge < -0.3 is 20.9 Å². The van der Waals surface area contributed by atoms with Crippen LogP contribution in [-0.2, 0) is 4.79 Å². The Morgan fingerprint density at radius 3 is 2.71 bits per heavy atom. The molecule has 0 aliphatic carbocycles. The van der Waals surface area contributed by atoms with E-state index >= 15 is 0 Å². The average Bonchev–Trinajstić information content (AvgIpc) is 2.52. The van der Waals surface area contributed by atoms with Gasteiger partial charge in [0.1, 0.15) is 0 Å². The van der Waals surface area contributed by atoms with Crippen LogP contribution in [0.2, 0.25) is 0 Å². The van der Waals surface area contributed by atoms with E-state index in [0.717, 1.165) is 19.5 Å². The molecule has 1 aromatic rings. The van der Waals surface area contributed by atoms with Crippen LogP contribution in [0.3, 0.4) is 0 Å². The normalized spacial score (nSPS) is 21.8. The number of amides is 1. The molecule has 5 heteroatoms. The first-order chi connectivity index (χ1) is 10.2. The highest BCUT2D eigenvalue weighted by molar-refractivity contribution is 5.82. The maximum Gasteiger partial charge on any atom is 0.238 e. The third-order valence-corrected chi connectivity index (χ3v) is 3.82. The molecule has 0 saturated carbocycles. The van der Waals surface area contributed by atoms with Gasteiger partial charge in [0.25, 0.3) is 0 Å². The van der Waals surface area contributed by atoms with Crippen LogP contribution in [0.25, 0.3) is 0 Å². The molecule has 0 bridgehead atoms. The van der Waals surface area contributed by atoms with Gasteiger partial charge in [-0.05, 0) is 25.5 Å². The van der Waals surface area contributed by atoms with Crippen LogP contribution in [0.15, 0.2) is 30.3 Å². The number of anilines is 1. The summed E-state index contributed by atoms with van der Waals surface area (Å²) < 4.78 is 0. The molecule has 1 heterocycles. The van der Waals surface area contributed by atoms with E-state index in [1.165, 1.54) is 5.69 Å². The lowest BCUT2D eigenvalue weighted by Crippen LogP contribution is -2.59. The summed E-state index contributed by atoms with van der Waals surface area (Å²) in [4.78, 5) is 14.2. The smallest absolute Gasteiger partial charge is 0.238 e. The van der Waals surface area contributed by atoms with Gasteiger partial charge >= 0.3 is 0 Å². The summed E-state index contributed by atoms with van der Waals surface area (Å²) in [7, 11) is 2.07. The number of benzene rings is 1. The molecule has 116 valence electrons. The van der Waals surface area contributed by atoms with Crippen LogP contribution in [0, 0.1) is 0 Å². The van der Waals surface area contributed by atoms with E-state index in [9.17, 15) is 4.79 Å². The molecule has 1 saturated heterocycles. The second-order valence-corrected chi connectivity index (χ2v) is 5.67. The third kappa shape index (κ3) is 5.02. The van der Waals surface area contributed by atoms with E-state index in [1.807, 2.05) is 18.2 Å². The summed E-state index contributed by atoms with van der Waals surface area (Å²) >= 11 is 0. The van der Waals surface area contributed by atoms with Crippen molar-refractivity contribution < 1.29 is 4.79 Å². The molecular weight excluding hydrogens is 264 g/mol. The lowest BCUT2D eigenvalue weighted by Gasteiger charge is -2.28. The number of carbonyl (C=O) groups excluding carboxylic acids is 1. The van der Waals surface area contributed by atoms with Crippen molar-refractivity contribution in [3.8, 4) is 0 Å². The van der Waals surface area contributed by atoms with E-state index in [-0.39, 0.29) is 11.9 Å². The molecule has 1 fully saturated rings. The first kappa shape index (κ1) is 15.8. The van der Waals surface area contributed by atoms with Crippen LogP contribution < -0.4 is 20.9 Å². The molecule has 0 spiro atoms. The minimum Gasteiger partial charge on any atom is -0.375 e. The van der Waals surface area contributed by atoms with Crippen molar-refractivity contribution in [1.82, 2.24) is 16.0 Å². The number of hydrogen-bond acceptors (Lipinski definition) is 4. The number of piperazine rings is 1. The van der Waals surface area contributed by atoms with Gasteiger partial charge in [0.2, 0.25) is 5.91 Å². The topological polar surface area (TPSA) is 56.4 Å². The molecule has 5 nitrogen and oxygen atoms in total. The largest absolute Gasteiger partial charge is 0.375 e. The highest BCUT2D eigenvalue weighted by atomic mass is 16.2. The van der Waals surface area contributed by atoms with E-state index in [2.05, 4.69) is 47.0 Å². The van der Waals surface area contributed by atoms with Crippen molar-refractivity contribution in [2.75, 3.05) is 38.1 Å². The lowest BCUT2D eigenvalue weighted by atomic mass is 10.1. The maximum atomic E-state index is 12.0. The quantitative estimate of drug-likeness (QED) is 0.671. The highest BCUT2D eigenvalue weighted by Gasteiger charge is 2.22. The second-order valence-electron chi connectivity index (χ2n) is 5.67. The van der Waals surface area contributed by atoms with Gasteiger partial charge in [-0.1, -0.05) is 18.2 Å². The van der Waals surface area contributed by atoms with Crippen LogP contribution in [0.5, 0.6) is 0 Å². The van der Waals surface area contributed by atoms with E-state index in [4.69, 9.17) is 0 Å². The number of carbonyl (C=O) groups is 1. The van der Waals surface area contributed by atoms with Crippen molar-refractivity contribution in [2.45, 2.75) is 25.4 Å².